The minimum atomic E-state index is -0.253. The van der Waals surface area contributed by atoms with Crippen molar-refractivity contribution in [3.8, 4) is 11.4 Å². The Bertz CT molecular complexity index is 1370. The average Bonchev–Trinajstić information content (AvgIpc) is 3.28. The normalized spacial score (nSPS) is 14.2. The Balaban J connectivity index is 1.54. The number of carbonyl (C=O) groups excluding carboxylic acids is 1. The number of likely N-dealkylation sites (N-methyl/N-ethyl adjacent to an activating group) is 1. The number of carbonyl (C=O) groups is 1. The van der Waals surface area contributed by atoms with E-state index < -0.39 is 0 Å². The molecule has 1 aliphatic heterocycles. The number of hydrogen-bond acceptors (Lipinski definition) is 7. The highest BCUT2D eigenvalue weighted by atomic mass is 16.1. The fourth-order valence-corrected chi connectivity index (χ4v) is 4.10. The van der Waals surface area contributed by atoms with Gasteiger partial charge in [-0.25, -0.2) is 9.97 Å². The number of nitrogens with one attached hydrogen (secondary N) is 3. The quantitative estimate of drug-likeness (QED) is 0.368. The van der Waals surface area contributed by atoms with Crippen LogP contribution in [0.25, 0.3) is 22.3 Å². The summed E-state index contributed by atoms with van der Waals surface area (Å²) in [7, 11) is 2.15. The number of rotatable bonds is 6. The monoisotopic (exact) mass is 468 g/mol. The minimum absolute atomic E-state index is 0.253. The third kappa shape index (κ3) is 4.99. The van der Waals surface area contributed by atoms with E-state index in [4.69, 9.17) is 9.97 Å². The van der Waals surface area contributed by atoms with Gasteiger partial charge in [0.2, 0.25) is 5.91 Å². The standard InChI is InChI=1S/C26H28N8O/c1-4-24(35)27-19-7-5-18(6-8-19)25-28-22-16-20(34-13-11-33(3)12-14-34)9-10-21(22)26(30-25)29-23-15-17(2)31-32-23/h4-10,15-16H,1,11-14H2,2-3H3,(H,27,35)(H2,28,29,30,31,32). The molecule has 0 spiro atoms. The Morgan fingerprint density at radius 1 is 1.06 bits per heavy atom. The van der Waals surface area contributed by atoms with Crippen LogP contribution >= 0.6 is 0 Å². The molecule has 0 aliphatic carbocycles. The molecular weight excluding hydrogens is 440 g/mol. The summed E-state index contributed by atoms with van der Waals surface area (Å²) in [6, 6.07) is 15.7. The largest absolute Gasteiger partial charge is 0.369 e. The van der Waals surface area contributed by atoms with E-state index in [1.54, 1.807) is 0 Å². The lowest BCUT2D eigenvalue weighted by Gasteiger charge is -2.34. The van der Waals surface area contributed by atoms with Crippen LogP contribution in [-0.4, -0.2) is 64.2 Å². The van der Waals surface area contributed by atoms with Gasteiger partial charge in [-0.1, -0.05) is 6.58 Å². The molecule has 1 amide bonds. The maximum absolute atomic E-state index is 11.6. The molecule has 2 aromatic carbocycles. The molecule has 0 bridgehead atoms. The molecule has 0 unspecified atom stereocenters. The van der Waals surface area contributed by atoms with Crippen LogP contribution < -0.4 is 15.5 Å². The van der Waals surface area contributed by atoms with Crippen LogP contribution in [0.1, 0.15) is 5.69 Å². The molecule has 178 valence electrons. The predicted molar refractivity (Wildman–Crippen MR) is 140 cm³/mol. The second kappa shape index (κ2) is 9.55. The number of H-pyrrole nitrogens is 1. The number of amides is 1. The van der Waals surface area contributed by atoms with Gasteiger partial charge in [0.1, 0.15) is 5.82 Å². The van der Waals surface area contributed by atoms with Crippen molar-refractivity contribution in [3.05, 3.63) is 66.9 Å². The molecule has 1 saturated heterocycles. The molecule has 0 atom stereocenters. The number of aromatic amines is 1. The van der Waals surface area contributed by atoms with E-state index in [0.29, 0.717) is 23.1 Å². The molecule has 1 aliphatic rings. The molecular formula is C26H28N8O. The number of piperazine rings is 1. The first-order valence-corrected chi connectivity index (χ1v) is 11.6. The highest BCUT2D eigenvalue weighted by Crippen LogP contribution is 2.30. The van der Waals surface area contributed by atoms with Crippen LogP contribution in [0.15, 0.2) is 61.2 Å². The van der Waals surface area contributed by atoms with E-state index >= 15 is 0 Å². The van der Waals surface area contributed by atoms with Crippen molar-refractivity contribution in [2.45, 2.75) is 6.92 Å². The zero-order chi connectivity index (χ0) is 24.4. The van der Waals surface area contributed by atoms with Gasteiger partial charge in [0.15, 0.2) is 11.6 Å². The zero-order valence-electron chi connectivity index (χ0n) is 19.9. The second-order valence-electron chi connectivity index (χ2n) is 8.72. The topological polar surface area (TPSA) is 102 Å². The Labute approximate surface area is 203 Å². The molecule has 9 heteroatoms. The lowest BCUT2D eigenvalue weighted by atomic mass is 10.1. The highest BCUT2D eigenvalue weighted by molar-refractivity contribution is 5.99. The molecule has 4 aromatic rings. The Hall–Kier alpha value is -4.24. The lowest BCUT2D eigenvalue weighted by Crippen LogP contribution is -2.44. The maximum Gasteiger partial charge on any atom is 0.247 e. The van der Waals surface area contributed by atoms with Gasteiger partial charge in [-0.2, -0.15) is 5.10 Å². The maximum atomic E-state index is 11.6. The fourth-order valence-electron chi connectivity index (χ4n) is 4.10. The predicted octanol–water partition coefficient (Wildman–Crippen LogP) is 3.95. The minimum Gasteiger partial charge on any atom is -0.369 e. The summed E-state index contributed by atoms with van der Waals surface area (Å²) in [5.74, 6) is 1.71. The van der Waals surface area contributed by atoms with Gasteiger partial charge in [0.25, 0.3) is 0 Å². The van der Waals surface area contributed by atoms with Crippen molar-refractivity contribution >= 4 is 39.8 Å². The van der Waals surface area contributed by atoms with Crippen molar-refractivity contribution in [3.63, 3.8) is 0 Å². The van der Waals surface area contributed by atoms with Gasteiger partial charge >= 0.3 is 0 Å². The van der Waals surface area contributed by atoms with Crippen LogP contribution in [0.2, 0.25) is 0 Å². The van der Waals surface area contributed by atoms with Crippen molar-refractivity contribution in [1.29, 1.82) is 0 Å². The fraction of sp³-hybridized carbons (Fsp3) is 0.231. The van der Waals surface area contributed by atoms with E-state index in [0.717, 1.165) is 54.0 Å². The summed E-state index contributed by atoms with van der Waals surface area (Å²) in [5, 5.41) is 14.3. The first kappa shape index (κ1) is 22.5. The summed E-state index contributed by atoms with van der Waals surface area (Å²) in [4.78, 5) is 26.1. The molecule has 3 heterocycles. The van der Waals surface area contributed by atoms with Gasteiger partial charge in [-0.15, -0.1) is 0 Å². The van der Waals surface area contributed by atoms with E-state index in [2.05, 4.69) is 62.5 Å². The number of aryl methyl sites for hydroxylation is 1. The first-order valence-electron chi connectivity index (χ1n) is 11.6. The number of nitrogens with zero attached hydrogens (tertiary/aromatic N) is 5. The van der Waals surface area contributed by atoms with E-state index in [-0.39, 0.29) is 5.91 Å². The molecule has 2 aromatic heterocycles. The summed E-state index contributed by atoms with van der Waals surface area (Å²) in [5.41, 5.74) is 4.49. The van der Waals surface area contributed by atoms with Crippen LogP contribution in [0.4, 0.5) is 23.0 Å². The summed E-state index contributed by atoms with van der Waals surface area (Å²) in [6.07, 6.45) is 1.24. The number of fused-ring (bicyclic) bond motifs is 1. The summed E-state index contributed by atoms with van der Waals surface area (Å²) < 4.78 is 0. The molecule has 35 heavy (non-hydrogen) atoms. The SMILES string of the molecule is C=CC(=O)Nc1ccc(-c2nc(Nc3cc(C)[nH]n3)c3ccc(N4CCN(C)CC4)cc3n2)cc1. The van der Waals surface area contributed by atoms with Crippen LogP contribution in [-0.2, 0) is 4.79 Å². The number of anilines is 4. The summed E-state index contributed by atoms with van der Waals surface area (Å²) >= 11 is 0. The summed E-state index contributed by atoms with van der Waals surface area (Å²) in [6.45, 7) is 9.48. The van der Waals surface area contributed by atoms with E-state index in [1.807, 2.05) is 37.3 Å². The number of aromatic nitrogens is 4. The molecule has 9 nitrogen and oxygen atoms in total. The Kier molecular flexibility index (Phi) is 6.15. The van der Waals surface area contributed by atoms with Crippen molar-refractivity contribution < 1.29 is 4.79 Å². The van der Waals surface area contributed by atoms with E-state index in [9.17, 15) is 4.79 Å². The highest BCUT2D eigenvalue weighted by Gasteiger charge is 2.17. The smallest absolute Gasteiger partial charge is 0.247 e. The van der Waals surface area contributed by atoms with Gasteiger partial charge in [0, 0.05) is 60.3 Å². The Morgan fingerprint density at radius 2 is 1.83 bits per heavy atom. The van der Waals surface area contributed by atoms with Gasteiger partial charge in [-0.05, 0) is 62.5 Å². The average molecular weight is 469 g/mol. The van der Waals surface area contributed by atoms with Gasteiger partial charge < -0.3 is 20.4 Å². The van der Waals surface area contributed by atoms with Crippen LogP contribution in [0.5, 0.6) is 0 Å². The molecule has 3 N–H and O–H groups in total. The lowest BCUT2D eigenvalue weighted by molar-refractivity contribution is -0.111. The molecule has 5 rings (SSSR count). The third-order valence-corrected chi connectivity index (χ3v) is 6.10. The molecule has 1 fully saturated rings. The van der Waals surface area contributed by atoms with E-state index in [1.165, 1.54) is 6.08 Å². The van der Waals surface area contributed by atoms with Crippen LogP contribution in [0.3, 0.4) is 0 Å². The molecule has 0 radical (unpaired) electrons. The molecule has 0 saturated carbocycles. The Morgan fingerprint density at radius 3 is 2.51 bits per heavy atom. The number of hydrogen-bond donors (Lipinski definition) is 3. The van der Waals surface area contributed by atoms with Crippen molar-refractivity contribution in [1.82, 2.24) is 25.1 Å². The third-order valence-electron chi connectivity index (χ3n) is 6.10. The van der Waals surface area contributed by atoms with Crippen molar-refractivity contribution in [2.75, 3.05) is 48.8 Å². The zero-order valence-corrected chi connectivity index (χ0v) is 19.9. The first-order chi connectivity index (χ1) is 17.0. The van der Waals surface area contributed by atoms with Gasteiger partial charge in [0.05, 0.1) is 5.52 Å². The second-order valence-corrected chi connectivity index (χ2v) is 8.72. The van der Waals surface area contributed by atoms with Crippen molar-refractivity contribution in [2.24, 2.45) is 0 Å². The van der Waals surface area contributed by atoms with Gasteiger partial charge in [-0.3, -0.25) is 9.89 Å². The number of benzene rings is 2. The van der Waals surface area contributed by atoms with Crippen LogP contribution in [0, 0.1) is 6.92 Å².